The Balaban J connectivity index is 7.00. The quantitative estimate of drug-likeness (QED) is 0.162. The predicted octanol–water partition coefficient (Wildman–Crippen LogP) is 4.02. The van der Waals surface area contributed by atoms with E-state index >= 15 is 0 Å². The highest BCUT2D eigenvalue weighted by Gasteiger charge is 2.85. The van der Waals surface area contributed by atoms with Gasteiger partial charge in [0.05, 0.1) is 0 Å². The van der Waals surface area contributed by atoms with Gasteiger partial charge in [0.25, 0.3) is 20.0 Å². The zero-order chi connectivity index (χ0) is 34.8. The van der Waals surface area contributed by atoms with Crippen LogP contribution in [-0.2, 0) is 39.6 Å². The summed E-state index contributed by atoms with van der Waals surface area (Å²) in [5.41, 5.74) is 0. The monoisotopic (exact) mass is 737 g/mol. The summed E-state index contributed by atoms with van der Waals surface area (Å²) < 4.78 is 324. The van der Waals surface area contributed by atoms with Crippen molar-refractivity contribution in [2.24, 2.45) is 0 Å². The molecule has 10 nitrogen and oxygen atoms in total. The molecule has 0 spiro atoms. The molecule has 0 saturated carbocycles. The summed E-state index contributed by atoms with van der Waals surface area (Å²) >= 11 is 0. The van der Waals surface area contributed by atoms with Crippen LogP contribution in [0.1, 0.15) is 0 Å². The first kappa shape index (κ1) is 39.9. The molecule has 0 aliphatic carbocycles. The van der Waals surface area contributed by atoms with Crippen LogP contribution in [0.2, 0.25) is 0 Å². The van der Waals surface area contributed by atoms with Crippen molar-refractivity contribution in [3.63, 3.8) is 0 Å². The summed E-state index contributed by atoms with van der Waals surface area (Å²) in [7, 11) is -25.5. The van der Waals surface area contributed by atoms with Crippen molar-refractivity contribution in [2.45, 2.75) is 45.9 Å². The Morgan fingerprint density at radius 3 is 1.24 bits per heavy atom. The minimum atomic E-state index is -8.84. The maximum Gasteiger partial charge on any atom is 0.471 e. The third-order valence-electron chi connectivity index (χ3n) is 3.66. The third-order valence-corrected chi connectivity index (χ3v) is 8.17. The molecule has 32 heteroatoms. The first-order valence-corrected chi connectivity index (χ1v) is 12.5. The van der Waals surface area contributed by atoms with Crippen LogP contribution in [0.4, 0.5) is 83.4 Å². The van der Waals surface area contributed by atoms with Crippen LogP contribution in [0.5, 0.6) is 0 Å². The topological polar surface area (TPSA) is 153 Å². The molecule has 0 rings (SSSR count). The fraction of sp³-hybridized carbons (Fsp3) is 0.800. The Morgan fingerprint density at radius 1 is 0.571 bits per heavy atom. The zero-order valence-electron chi connectivity index (χ0n) is 17.6. The normalized spacial score (nSPS) is 17.0. The number of hydrogen-bond acceptors (Lipinski definition) is 8. The fourth-order valence-corrected chi connectivity index (χ4v) is 4.97. The number of alkyl halides is 16. The van der Waals surface area contributed by atoms with Crippen LogP contribution in [-0.4, -0.2) is 75.7 Å². The summed E-state index contributed by atoms with van der Waals surface area (Å²) in [4.78, 5) is 0. The molecular formula is C10H2F19NO9S3. The summed E-state index contributed by atoms with van der Waals surface area (Å²) in [6, 6.07) is -4.27. The van der Waals surface area contributed by atoms with E-state index in [9.17, 15) is 109 Å². The molecule has 0 heterocycles. The molecular weight excluding hydrogens is 735 g/mol. The molecule has 0 radical (unpaired) electrons. The molecule has 1 unspecified atom stereocenters. The van der Waals surface area contributed by atoms with Crippen molar-refractivity contribution in [1.82, 2.24) is 4.13 Å². The van der Waals surface area contributed by atoms with Crippen molar-refractivity contribution in [3.05, 3.63) is 12.1 Å². The van der Waals surface area contributed by atoms with Gasteiger partial charge in [0.15, 0.2) is 0 Å². The van der Waals surface area contributed by atoms with E-state index in [4.69, 9.17) is 4.55 Å². The lowest BCUT2D eigenvalue weighted by atomic mass is 10.2. The van der Waals surface area contributed by atoms with Gasteiger partial charge in [0, 0.05) is 0 Å². The molecule has 0 aromatic carbocycles. The SMILES string of the molecule is O=S(=O)(O)C(F)(F)C(F)(F)C(F)(F)S(=O)(=O)NS(=O)(=O)C(F)(F)C(F)(F)OC(F)(C(F)(F)F)C(F)(F)OC(F)=C(F)F. The molecule has 0 saturated heterocycles. The molecule has 0 aliphatic rings. The summed E-state index contributed by atoms with van der Waals surface area (Å²) in [6.07, 6.45) is -28.3. The van der Waals surface area contributed by atoms with Gasteiger partial charge >= 0.3 is 68.1 Å². The Bertz CT molecular complexity index is 1400. The second-order valence-corrected chi connectivity index (χ2v) is 11.7. The van der Waals surface area contributed by atoms with Gasteiger partial charge in [0.2, 0.25) is 0 Å². The molecule has 0 amide bonds. The number of halogens is 19. The largest absolute Gasteiger partial charge is 0.471 e. The second kappa shape index (κ2) is 10.5. The van der Waals surface area contributed by atoms with Crippen LogP contribution >= 0.6 is 0 Å². The van der Waals surface area contributed by atoms with E-state index in [1.807, 2.05) is 0 Å². The lowest BCUT2D eigenvalue weighted by Crippen LogP contribution is -2.67. The van der Waals surface area contributed by atoms with Gasteiger partial charge < -0.3 is 4.74 Å². The first-order chi connectivity index (χ1) is 17.7. The molecule has 0 aliphatic heterocycles. The molecule has 2 N–H and O–H groups in total. The zero-order valence-corrected chi connectivity index (χ0v) is 20.1. The third kappa shape index (κ3) is 6.26. The number of sulfonamides is 2. The molecule has 0 aromatic heterocycles. The maximum absolute atomic E-state index is 13.9. The predicted molar refractivity (Wildman–Crippen MR) is 84.6 cm³/mol. The van der Waals surface area contributed by atoms with E-state index in [1.165, 1.54) is 4.74 Å². The molecule has 1 atom stereocenters. The Morgan fingerprint density at radius 2 is 0.929 bits per heavy atom. The fourth-order valence-electron chi connectivity index (χ4n) is 1.64. The molecule has 252 valence electrons. The average molecular weight is 737 g/mol. The first-order valence-electron chi connectivity index (χ1n) is 8.11. The van der Waals surface area contributed by atoms with Gasteiger partial charge in [-0.3, -0.25) is 9.29 Å². The van der Waals surface area contributed by atoms with Gasteiger partial charge in [0.1, 0.15) is 0 Å². The van der Waals surface area contributed by atoms with Gasteiger partial charge in [-0.15, -0.1) is 0 Å². The number of hydrogen-bond donors (Lipinski definition) is 2. The van der Waals surface area contributed by atoms with E-state index in [0.717, 1.165) is 0 Å². The maximum atomic E-state index is 13.9. The number of nitrogens with one attached hydrogen (secondary N) is 1. The van der Waals surface area contributed by atoms with Crippen molar-refractivity contribution < 1.29 is 123 Å². The molecule has 0 aromatic rings. The highest BCUT2D eigenvalue weighted by atomic mass is 32.3. The van der Waals surface area contributed by atoms with Crippen molar-refractivity contribution >= 4 is 30.2 Å². The molecule has 0 fully saturated rings. The van der Waals surface area contributed by atoms with Crippen LogP contribution in [0.25, 0.3) is 0 Å². The van der Waals surface area contributed by atoms with Crippen molar-refractivity contribution in [2.75, 3.05) is 0 Å². The van der Waals surface area contributed by atoms with E-state index in [1.54, 1.807) is 4.74 Å². The summed E-state index contributed by atoms with van der Waals surface area (Å²) in [5.74, 6) is -16.3. The van der Waals surface area contributed by atoms with Gasteiger partial charge in [-0.05, 0) is 0 Å². The smallest absolute Gasteiger partial charge is 0.398 e. The van der Waals surface area contributed by atoms with Gasteiger partial charge in [-0.1, -0.05) is 4.13 Å². The molecule has 0 bridgehead atoms. The highest BCUT2D eigenvalue weighted by Crippen LogP contribution is 2.54. The lowest BCUT2D eigenvalue weighted by Gasteiger charge is -2.37. The van der Waals surface area contributed by atoms with E-state index in [2.05, 4.69) is 0 Å². The number of ether oxygens (including phenoxy) is 2. The van der Waals surface area contributed by atoms with E-state index in [0.29, 0.717) is 0 Å². The number of rotatable bonds is 13. The lowest BCUT2D eigenvalue weighted by molar-refractivity contribution is -0.510. The second-order valence-electron chi connectivity index (χ2n) is 6.55. The Labute approximate surface area is 215 Å². The van der Waals surface area contributed by atoms with Crippen LogP contribution in [0.15, 0.2) is 12.1 Å². The van der Waals surface area contributed by atoms with Crippen LogP contribution in [0.3, 0.4) is 0 Å². The Hall–Kier alpha value is -2.06. The van der Waals surface area contributed by atoms with E-state index < -0.39 is 92.3 Å². The van der Waals surface area contributed by atoms with Gasteiger partial charge in [-0.2, -0.15) is 91.8 Å². The standard InChI is InChI=1S/C10H2F19NO9S3/c11-1(12)2(13)38-6(20,21)4(16,5(17,18)19)39-7(22,23)10(28,29)41(33,34)30-40(31,32)8(24,25)3(14,15)9(26,27)42(35,36)37/h30H,(H,35,36,37). The van der Waals surface area contributed by atoms with Crippen molar-refractivity contribution in [1.29, 1.82) is 0 Å². The highest BCUT2D eigenvalue weighted by molar-refractivity contribution is 8.05. The summed E-state index contributed by atoms with van der Waals surface area (Å²) in [6.45, 7) is 0. The van der Waals surface area contributed by atoms with Crippen LogP contribution in [0, 0.1) is 0 Å². The Kier molecular flexibility index (Phi) is 10.0. The summed E-state index contributed by atoms with van der Waals surface area (Å²) in [5, 5.41) is -24.1. The minimum Gasteiger partial charge on any atom is -0.398 e. The van der Waals surface area contributed by atoms with Crippen molar-refractivity contribution in [3.8, 4) is 0 Å². The minimum absolute atomic E-state index is 1.29. The van der Waals surface area contributed by atoms with Crippen LogP contribution < -0.4 is 4.13 Å². The van der Waals surface area contributed by atoms with Gasteiger partial charge in [-0.25, -0.2) is 16.8 Å². The average Bonchev–Trinajstić information content (AvgIpc) is 2.69. The molecule has 42 heavy (non-hydrogen) atoms. The van der Waals surface area contributed by atoms with E-state index in [-0.39, 0.29) is 0 Å².